The van der Waals surface area contributed by atoms with E-state index in [1.165, 1.54) is 276 Å². The molecule has 6 N–H and O–H groups in total. The average molecular weight is 1130 g/mol. The lowest BCUT2D eigenvalue weighted by atomic mass is 9.99. The van der Waals surface area contributed by atoms with Crippen molar-refractivity contribution in [3.8, 4) is 0 Å². The number of carbonyl (C=O) groups excluding carboxylic acids is 1. The summed E-state index contributed by atoms with van der Waals surface area (Å²) in [5.41, 5.74) is 0. The second kappa shape index (κ2) is 60.3. The van der Waals surface area contributed by atoms with Gasteiger partial charge in [0.1, 0.15) is 24.4 Å². The summed E-state index contributed by atoms with van der Waals surface area (Å²) in [4.78, 5) is 13.1. The summed E-state index contributed by atoms with van der Waals surface area (Å²) in [5.74, 6) is -0.185. The third kappa shape index (κ3) is 48.5. The van der Waals surface area contributed by atoms with Crippen molar-refractivity contribution in [1.82, 2.24) is 5.32 Å². The molecular weight excluding hydrogens is 995 g/mol. The van der Waals surface area contributed by atoms with Gasteiger partial charge < -0.3 is 40.3 Å². The monoisotopic (exact) mass is 1130 g/mol. The van der Waals surface area contributed by atoms with Gasteiger partial charge in [-0.1, -0.05) is 313 Å². The van der Waals surface area contributed by atoms with Crippen molar-refractivity contribution in [1.29, 1.82) is 0 Å². The minimum absolute atomic E-state index is 0.185. The van der Waals surface area contributed by atoms with Crippen molar-refractivity contribution in [2.24, 2.45) is 0 Å². The van der Waals surface area contributed by atoms with E-state index in [2.05, 4.69) is 55.6 Å². The SMILES string of the molecule is CCCCCCCCCCCCCC/C=C\CCCCCCCCCCCCCCCCCCCC(=O)NC(COC1OC(CO)C(O)C(O)C1O)C(O)/C=C/CC/C=C/CC/C=C/CCCCCCCCCCCCCCCC. The summed E-state index contributed by atoms with van der Waals surface area (Å²) in [6.07, 6.45) is 75.1. The number of nitrogens with one attached hydrogen (secondary N) is 1. The van der Waals surface area contributed by atoms with E-state index < -0.39 is 49.5 Å². The zero-order chi connectivity index (χ0) is 57.9. The number of allylic oxidation sites excluding steroid dienone is 7. The minimum atomic E-state index is -1.58. The largest absolute Gasteiger partial charge is 0.394 e. The Morgan fingerprint density at radius 1 is 0.412 bits per heavy atom. The summed E-state index contributed by atoms with van der Waals surface area (Å²) >= 11 is 0. The van der Waals surface area contributed by atoms with Gasteiger partial charge in [-0.3, -0.25) is 4.79 Å². The molecule has 1 rings (SSSR count). The van der Waals surface area contributed by atoms with Gasteiger partial charge in [0.15, 0.2) is 6.29 Å². The van der Waals surface area contributed by atoms with Gasteiger partial charge in [-0.15, -0.1) is 0 Å². The maximum Gasteiger partial charge on any atom is 0.220 e. The Bertz CT molecular complexity index is 1400. The fourth-order valence-corrected chi connectivity index (χ4v) is 11.1. The first kappa shape index (κ1) is 76.2. The minimum Gasteiger partial charge on any atom is -0.394 e. The van der Waals surface area contributed by atoms with E-state index >= 15 is 0 Å². The first-order chi connectivity index (χ1) is 39.3. The second-order valence-corrected chi connectivity index (χ2v) is 24.3. The molecule has 1 saturated heterocycles. The fraction of sp³-hybridized carbons (Fsp3) is 0.873. The molecule has 0 bridgehead atoms. The third-order valence-corrected chi connectivity index (χ3v) is 16.6. The lowest BCUT2D eigenvalue weighted by Crippen LogP contribution is -2.60. The molecule has 1 aliphatic rings. The van der Waals surface area contributed by atoms with Gasteiger partial charge in [0, 0.05) is 6.42 Å². The third-order valence-electron chi connectivity index (χ3n) is 16.6. The van der Waals surface area contributed by atoms with Gasteiger partial charge in [-0.05, 0) is 70.6 Å². The smallest absolute Gasteiger partial charge is 0.220 e. The molecule has 0 aliphatic carbocycles. The maximum atomic E-state index is 13.1. The number of aliphatic hydroxyl groups is 5. The van der Waals surface area contributed by atoms with E-state index in [-0.39, 0.29) is 12.5 Å². The quantitative estimate of drug-likeness (QED) is 0.0261. The molecule has 1 aliphatic heterocycles. The summed E-state index contributed by atoms with van der Waals surface area (Å²) < 4.78 is 11.3. The number of rotatable bonds is 61. The van der Waals surface area contributed by atoms with Crippen LogP contribution in [0, 0.1) is 0 Å². The van der Waals surface area contributed by atoms with E-state index in [1.807, 2.05) is 6.08 Å². The molecule has 1 fully saturated rings. The molecule has 0 aromatic rings. The summed E-state index contributed by atoms with van der Waals surface area (Å²) in [6, 6.07) is -0.829. The molecule has 0 aromatic heterocycles. The van der Waals surface area contributed by atoms with E-state index in [4.69, 9.17) is 9.47 Å². The molecule has 9 nitrogen and oxygen atoms in total. The first-order valence-corrected chi connectivity index (χ1v) is 34.9. The van der Waals surface area contributed by atoms with E-state index in [1.54, 1.807) is 6.08 Å². The summed E-state index contributed by atoms with van der Waals surface area (Å²) in [5, 5.41) is 54.7. The molecular formula is C71H133NO8. The van der Waals surface area contributed by atoms with E-state index in [9.17, 15) is 30.3 Å². The summed E-state index contributed by atoms with van der Waals surface area (Å²) in [7, 11) is 0. The van der Waals surface area contributed by atoms with E-state index in [0.717, 1.165) is 44.9 Å². The molecule has 1 amide bonds. The van der Waals surface area contributed by atoms with Crippen LogP contribution in [0.4, 0.5) is 0 Å². The molecule has 9 heteroatoms. The lowest BCUT2D eigenvalue weighted by molar-refractivity contribution is -0.302. The Labute approximate surface area is 494 Å². The van der Waals surface area contributed by atoms with Gasteiger partial charge in [-0.25, -0.2) is 0 Å². The van der Waals surface area contributed by atoms with Crippen LogP contribution < -0.4 is 5.32 Å². The van der Waals surface area contributed by atoms with Crippen LogP contribution in [0.15, 0.2) is 48.6 Å². The highest BCUT2D eigenvalue weighted by atomic mass is 16.7. The second-order valence-electron chi connectivity index (χ2n) is 24.3. The Morgan fingerprint density at radius 3 is 1.05 bits per heavy atom. The number of aliphatic hydroxyl groups excluding tert-OH is 5. The van der Waals surface area contributed by atoms with Gasteiger partial charge in [-0.2, -0.15) is 0 Å². The van der Waals surface area contributed by atoms with Crippen molar-refractivity contribution in [3.63, 3.8) is 0 Å². The van der Waals surface area contributed by atoms with Crippen molar-refractivity contribution in [2.45, 2.75) is 384 Å². The van der Waals surface area contributed by atoms with Crippen LogP contribution in [0.2, 0.25) is 0 Å². The first-order valence-electron chi connectivity index (χ1n) is 34.9. The highest BCUT2D eigenvalue weighted by molar-refractivity contribution is 5.76. The van der Waals surface area contributed by atoms with Crippen LogP contribution >= 0.6 is 0 Å². The molecule has 80 heavy (non-hydrogen) atoms. The number of ether oxygens (including phenoxy) is 2. The topological polar surface area (TPSA) is 149 Å². The molecule has 470 valence electrons. The molecule has 1 heterocycles. The molecule has 7 unspecified atom stereocenters. The van der Waals surface area contributed by atoms with Gasteiger partial charge >= 0.3 is 0 Å². The van der Waals surface area contributed by atoms with Crippen LogP contribution in [0.1, 0.15) is 341 Å². The predicted molar refractivity (Wildman–Crippen MR) is 341 cm³/mol. The van der Waals surface area contributed by atoms with Crippen molar-refractivity contribution in [2.75, 3.05) is 13.2 Å². The van der Waals surface area contributed by atoms with E-state index in [0.29, 0.717) is 6.42 Å². The number of carbonyl (C=O) groups is 1. The standard InChI is InChI=1S/C71H133NO8/c1-3-5-7-9-11-13-15-17-19-21-23-25-27-29-30-31-32-33-34-35-36-37-39-41-43-45-47-49-51-53-55-57-59-61-67(75)72-64(63-79-71-70(78)69(77)68(76)66(62-73)80-71)65(74)60-58-56-54-52-50-48-46-44-42-40-38-28-26-24-22-20-18-16-14-12-10-8-6-4-2/h29-30,42,44,50,52,58,60,64-66,68-71,73-74,76-78H,3-28,31-41,43,45-49,51,53-57,59,61-63H2,1-2H3,(H,72,75)/b30-29-,44-42+,52-50+,60-58+. The molecule has 0 aromatic carbocycles. The highest BCUT2D eigenvalue weighted by Crippen LogP contribution is 2.23. The number of amides is 1. The van der Waals surface area contributed by atoms with Crippen LogP contribution in [0.3, 0.4) is 0 Å². The Hall–Kier alpha value is -1.85. The highest BCUT2D eigenvalue weighted by Gasteiger charge is 2.44. The van der Waals surface area contributed by atoms with Gasteiger partial charge in [0.05, 0.1) is 25.4 Å². The Balaban J connectivity index is 2.14. The lowest BCUT2D eigenvalue weighted by Gasteiger charge is -2.40. The molecule has 7 atom stereocenters. The van der Waals surface area contributed by atoms with Gasteiger partial charge in [0.2, 0.25) is 5.91 Å². The zero-order valence-electron chi connectivity index (χ0n) is 52.6. The van der Waals surface area contributed by atoms with Crippen LogP contribution in [-0.2, 0) is 14.3 Å². The number of unbranched alkanes of at least 4 members (excludes halogenated alkanes) is 45. The maximum absolute atomic E-state index is 13.1. The van der Waals surface area contributed by atoms with Crippen molar-refractivity contribution in [3.05, 3.63) is 48.6 Å². The van der Waals surface area contributed by atoms with Gasteiger partial charge in [0.25, 0.3) is 0 Å². The normalized spacial score (nSPS) is 18.7. The van der Waals surface area contributed by atoms with Crippen LogP contribution in [-0.4, -0.2) is 87.5 Å². The molecule has 0 radical (unpaired) electrons. The molecule has 0 spiro atoms. The predicted octanol–water partition coefficient (Wildman–Crippen LogP) is 18.8. The average Bonchev–Trinajstić information content (AvgIpc) is 3.46. The van der Waals surface area contributed by atoms with Crippen LogP contribution in [0.5, 0.6) is 0 Å². The zero-order valence-corrected chi connectivity index (χ0v) is 52.6. The Kier molecular flexibility index (Phi) is 57.4. The Morgan fingerprint density at radius 2 is 0.713 bits per heavy atom. The number of hydrogen-bond donors (Lipinski definition) is 6. The number of hydrogen-bond acceptors (Lipinski definition) is 8. The molecule has 0 saturated carbocycles. The fourth-order valence-electron chi connectivity index (χ4n) is 11.1. The van der Waals surface area contributed by atoms with Crippen molar-refractivity contribution < 1.29 is 39.8 Å². The summed E-state index contributed by atoms with van der Waals surface area (Å²) in [6.45, 7) is 3.80. The van der Waals surface area contributed by atoms with Crippen LogP contribution in [0.25, 0.3) is 0 Å². The van der Waals surface area contributed by atoms with Crippen molar-refractivity contribution >= 4 is 5.91 Å².